The van der Waals surface area contributed by atoms with Crippen molar-refractivity contribution in [3.05, 3.63) is 55.8 Å². The molecule has 0 bridgehead atoms. The average Bonchev–Trinajstić information content (AvgIpc) is 2.70. The Hall–Kier alpha value is -0.350. The molecule has 2 heteroatoms. The van der Waals surface area contributed by atoms with Gasteiger partial charge in [-0.25, -0.2) is 0 Å². The molecule has 1 heterocycles. The van der Waals surface area contributed by atoms with Gasteiger partial charge in [0.2, 0.25) is 0 Å². The summed E-state index contributed by atoms with van der Waals surface area (Å²) in [6, 6.07) is 13.1. The first kappa shape index (κ1) is 10.2. The lowest BCUT2D eigenvalue weighted by molar-refractivity contribution is 0.980. The molecule has 0 spiro atoms. The molecule has 1 aromatic heterocycles. The lowest BCUT2D eigenvalue weighted by Gasteiger charge is -1.99. The molecule has 1 aromatic carbocycles. The first-order valence-electron chi connectivity index (χ1n) is 4.61. The number of hydrogen-bond acceptors (Lipinski definition) is 1. The molecule has 0 N–H and O–H groups in total. The summed E-state index contributed by atoms with van der Waals surface area (Å²) in [6.45, 7) is 0. The zero-order chi connectivity index (χ0) is 9.80. The Bertz CT molecular complexity index is 375. The Balaban J connectivity index is 1.95. The van der Waals surface area contributed by atoms with Crippen LogP contribution in [0.15, 0.2) is 41.8 Å². The van der Waals surface area contributed by atoms with Crippen LogP contribution in [0, 0.1) is 3.57 Å². The number of benzene rings is 1. The van der Waals surface area contributed by atoms with Gasteiger partial charge < -0.3 is 0 Å². The summed E-state index contributed by atoms with van der Waals surface area (Å²) in [7, 11) is 0. The Labute approximate surface area is 102 Å². The molecular weight excluding hydrogens is 303 g/mol. The molecule has 0 aliphatic heterocycles. The average molecular weight is 314 g/mol. The van der Waals surface area contributed by atoms with Crippen LogP contribution < -0.4 is 0 Å². The Morgan fingerprint density at radius 1 is 1.00 bits per heavy atom. The highest BCUT2D eigenvalue weighted by atomic mass is 127. The SMILES string of the molecule is Ic1ccc(CCc2cccs2)cc1. The van der Waals surface area contributed by atoms with Crippen molar-refractivity contribution in [3.8, 4) is 0 Å². The fourth-order valence-electron chi connectivity index (χ4n) is 1.37. The van der Waals surface area contributed by atoms with Crippen LogP contribution in [-0.4, -0.2) is 0 Å². The summed E-state index contributed by atoms with van der Waals surface area (Å²) in [6.07, 6.45) is 2.32. The van der Waals surface area contributed by atoms with E-state index in [2.05, 4.69) is 64.4 Å². The summed E-state index contributed by atoms with van der Waals surface area (Å²) in [5, 5.41) is 2.14. The first-order chi connectivity index (χ1) is 6.84. The molecule has 2 aromatic rings. The topological polar surface area (TPSA) is 0 Å². The normalized spacial score (nSPS) is 10.4. The third-order valence-corrected chi connectivity index (χ3v) is 3.81. The fraction of sp³-hybridized carbons (Fsp3) is 0.167. The van der Waals surface area contributed by atoms with Crippen molar-refractivity contribution >= 4 is 33.9 Å². The molecule has 0 unspecified atom stereocenters. The lowest BCUT2D eigenvalue weighted by Crippen LogP contribution is -1.88. The van der Waals surface area contributed by atoms with E-state index in [4.69, 9.17) is 0 Å². The van der Waals surface area contributed by atoms with Gasteiger partial charge in [-0.2, -0.15) is 0 Å². The van der Waals surface area contributed by atoms with Crippen molar-refractivity contribution in [1.82, 2.24) is 0 Å². The maximum atomic E-state index is 2.34. The zero-order valence-corrected chi connectivity index (χ0v) is 10.7. The van der Waals surface area contributed by atoms with Crippen LogP contribution in [0.1, 0.15) is 10.4 Å². The number of rotatable bonds is 3. The number of hydrogen-bond donors (Lipinski definition) is 0. The van der Waals surface area contributed by atoms with Crippen molar-refractivity contribution in [2.45, 2.75) is 12.8 Å². The highest BCUT2D eigenvalue weighted by Crippen LogP contribution is 2.13. The monoisotopic (exact) mass is 314 g/mol. The van der Waals surface area contributed by atoms with Gasteiger partial charge >= 0.3 is 0 Å². The molecule has 0 aliphatic rings. The van der Waals surface area contributed by atoms with E-state index < -0.39 is 0 Å². The van der Waals surface area contributed by atoms with Crippen molar-refractivity contribution in [2.75, 3.05) is 0 Å². The van der Waals surface area contributed by atoms with Gasteiger partial charge in [0.1, 0.15) is 0 Å². The predicted octanol–water partition coefficient (Wildman–Crippen LogP) is 4.14. The predicted molar refractivity (Wildman–Crippen MR) is 70.9 cm³/mol. The van der Waals surface area contributed by atoms with E-state index in [9.17, 15) is 0 Å². The van der Waals surface area contributed by atoms with Crippen molar-refractivity contribution in [2.24, 2.45) is 0 Å². The van der Waals surface area contributed by atoms with E-state index in [0.29, 0.717) is 0 Å². The van der Waals surface area contributed by atoms with Gasteiger partial charge in [0.05, 0.1) is 0 Å². The molecule has 0 aliphatic carbocycles. The zero-order valence-electron chi connectivity index (χ0n) is 7.74. The Morgan fingerprint density at radius 2 is 1.79 bits per heavy atom. The van der Waals surface area contributed by atoms with Crippen LogP contribution in [0.4, 0.5) is 0 Å². The molecule has 72 valence electrons. The minimum Gasteiger partial charge on any atom is -0.149 e. The molecule has 0 atom stereocenters. The summed E-state index contributed by atoms with van der Waals surface area (Å²) < 4.78 is 1.31. The molecule has 0 saturated carbocycles. The second-order valence-corrected chi connectivity index (χ2v) is 5.48. The quantitative estimate of drug-likeness (QED) is 0.747. The van der Waals surface area contributed by atoms with Crippen molar-refractivity contribution in [3.63, 3.8) is 0 Å². The largest absolute Gasteiger partial charge is 0.149 e. The van der Waals surface area contributed by atoms with E-state index in [1.165, 1.54) is 14.0 Å². The van der Waals surface area contributed by atoms with Crippen LogP contribution in [0.3, 0.4) is 0 Å². The van der Waals surface area contributed by atoms with E-state index in [1.54, 1.807) is 0 Å². The minimum atomic E-state index is 1.15. The number of thiophene rings is 1. The van der Waals surface area contributed by atoms with E-state index in [1.807, 2.05) is 11.3 Å². The molecule has 2 rings (SSSR count). The van der Waals surface area contributed by atoms with Gasteiger partial charge in [-0.3, -0.25) is 0 Å². The maximum Gasteiger partial charge on any atom is 0.0130 e. The summed E-state index contributed by atoms with van der Waals surface area (Å²) in [5.74, 6) is 0. The van der Waals surface area contributed by atoms with Crippen LogP contribution in [0.2, 0.25) is 0 Å². The van der Waals surface area contributed by atoms with Gasteiger partial charge in [0.25, 0.3) is 0 Å². The van der Waals surface area contributed by atoms with Crippen LogP contribution in [0.5, 0.6) is 0 Å². The minimum absolute atomic E-state index is 1.15. The van der Waals surface area contributed by atoms with Gasteiger partial charge in [-0.15, -0.1) is 11.3 Å². The van der Waals surface area contributed by atoms with Gasteiger partial charge in [0, 0.05) is 8.45 Å². The summed E-state index contributed by atoms with van der Waals surface area (Å²) >= 11 is 4.18. The lowest BCUT2D eigenvalue weighted by atomic mass is 10.1. The standard InChI is InChI=1S/C12H11IS/c13-11-6-3-10(4-7-11)5-8-12-2-1-9-14-12/h1-4,6-7,9H,5,8H2. The third kappa shape index (κ3) is 2.82. The third-order valence-electron chi connectivity index (χ3n) is 2.15. The maximum absolute atomic E-state index is 2.34. The Morgan fingerprint density at radius 3 is 2.43 bits per heavy atom. The summed E-state index contributed by atoms with van der Waals surface area (Å²) in [4.78, 5) is 1.48. The second-order valence-electron chi connectivity index (χ2n) is 3.21. The highest BCUT2D eigenvalue weighted by Gasteiger charge is 1.96. The van der Waals surface area contributed by atoms with Crippen LogP contribution >= 0.6 is 33.9 Å². The molecular formula is C12H11IS. The number of halogens is 1. The Kier molecular flexibility index (Phi) is 3.59. The molecule has 0 fully saturated rings. The molecule has 0 saturated heterocycles. The second kappa shape index (κ2) is 4.94. The summed E-state index contributed by atoms with van der Waals surface area (Å²) in [5.41, 5.74) is 1.43. The van der Waals surface area contributed by atoms with E-state index in [0.717, 1.165) is 12.8 Å². The van der Waals surface area contributed by atoms with Gasteiger partial charge in [0.15, 0.2) is 0 Å². The van der Waals surface area contributed by atoms with Crippen LogP contribution in [0.25, 0.3) is 0 Å². The molecule has 0 amide bonds. The van der Waals surface area contributed by atoms with Crippen molar-refractivity contribution < 1.29 is 0 Å². The van der Waals surface area contributed by atoms with Crippen LogP contribution in [-0.2, 0) is 12.8 Å². The number of aryl methyl sites for hydroxylation is 2. The fourth-order valence-corrected chi connectivity index (χ4v) is 2.44. The molecule has 14 heavy (non-hydrogen) atoms. The first-order valence-corrected chi connectivity index (χ1v) is 6.57. The molecule has 0 radical (unpaired) electrons. The smallest absolute Gasteiger partial charge is 0.0130 e. The van der Waals surface area contributed by atoms with Gasteiger partial charge in [-0.05, 0) is 64.6 Å². The van der Waals surface area contributed by atoms with Crippen molar-refractivity contribution in [1.29, 1.82) is 0 Å². The van der Waals surface area contributed by atoms with E-state index in [-0.39, 0.29) is 0 Å². The highest BCUT2D eigenvalue weighted by molar-refractivity contribution is 14.1. The van der Waals surface area contributed by atoms with E-state index >= 15 is 0 Å². The molecule has 0 nitrogen and oxygen atoms in total. The van der Waals surface area contributed by atoms with Gasteiger partial charge in [-0.1, -0.05) is 18.2 Å².